The Morgan fingerprint density at radius 2 is 2.29 bits per heavy atom. The summed E-state index contributed by atoms with van der Waals surface area (Å²) >= 11 is 0. The van der Waals surface area contributed by atoms with Crippen molar-refractivity contribution in [3.8, 4) is 0 Å². The summed E-state index contributed by atoms with van der Waals surface area (Å²) < 4.78 is 0. The Bertz CT molecular complexity index is 230. The average molecular weight is 199 g/mol. The van der Waals surface area contributed by atoms with Crippen molar-refractivity contribution < 1.29 is 9.59 Å². The number of rotatable bonds is 3. The number of hydrogen-bond acceptors (Lipinski definition) is 2. The van der Waals surface area contributed by atoms with Gasteiger partial charge in [0.25, 0.3) is 0 Å². The molecular formula is C9H17N3O2. The number of hydrogen-bond donors (Lipinski definition) is 2. The Hall–Kier alpha value is -1.26. The van der Waals surface area contributed by atoms with Crippen LogP contribution in [0.1, 0.15) is 26.2 Å². The molecule has 1 aliphatic rings. The highest BCUT2D eigenvalue weighted by Crippen LogP contribution is 2.16. The van der Waals surface area contributed by atoms with Gasteiger partial charge in [-0.05, 0) is 19.3 Å². The second-order valence-corrected chi connectivity index (χ2v) is 3.49. The quantitative estimate of drug-likeness (QED) is 0.674. The number of likely N-dealkylation sites (tertiary alicyclic amines) is 1. The molecule has 5 nitrogen and oxygen atoms in total. The first kappa shape index (κ1) is 10.8. The first-order valence-electron chi connectivity index (χ1n) is 5.00. The Labute approximate surface area is 83.6 Å². The molecule has 1 unspecified atom stereocenters. The van der Waals surface area contributed by atoms with E-state index in [0.29, 0.717) is 19.5 Å². The van der Waals surface area contributed by atoms with Crippen LogP contribution in [-0.2, 0) is 4.79 Å². The van der Waals surface area contributed by atoms with Crippen molar-refractivity contribution in [2.75, 3.05) is 13.1 Å². The first-order chi connectivity index (χ1) is 6.66. The van der Waals surface area contributed by atoms with E-state index < -0.39 is 11.9 Å². The highest BCUT2D eigenvalue weighted by Gasteiger charge is 2.32. The van der Waals surface area contributed by atoms with Gasteiger partial charge in [-0.15, -0.1) is 0 Å². The zero-order chi connectivity index (χ0) is 10.6. The van der Waals surface area contributed by atoms with Crippen LogP contribution in [0, 0.1) is 0 Å². The largest absolute Gasteiger partial charge is 0.368 e. The molecule has 1 atom stereocenters. The summed E-state index contributed by atoms with van der Waals surface area (Å²) in [5.74, 6) is -0.408. The minimum Gasteiger partial charge on any atom is -0.368 e. The van der Waals surface area contributed by atoms with Crippen LogP contribution < -0.4 is 11.1 Å². The van der Waals surface area contributed by atoms with Crippen molar-refractivity contribution in [1.29, 1.82) is 0 Å². The van der Waals surface area contributed by atoms with Gasteiger partial charge in [-0.1, -0.05) is 6.92 Å². The van der Waals surface area contributed by atoms with E-state index in [1.54, 1.807) is 0 Å². The second-order valence-electron chi connectivity index (χ2n) is 3.49. The molecule has 1 rings (SSSR count). The van der Waals surface area contributed by atoms with Gasteiger partial charge in [0.05, 0.1) is 0 Å². The lowest BCUT2D eigenvalue weighted by Gasteiger charge is -2.22. The van der Waals surface area contributed by atoms with Gasteiger partial charge in [0, 0.05) is 13.1 Å². The average Bonchev–Trinajstić information content (AvgIpc) is 2.62. The second kappa shape index (κ2) is 4.83. The molecule has 0 spiro atoms. The molecule has 3 N–H and O–H groups in total. The van der Waals surface area contributed by atoms with Crippen LogP contribution in [0.4, 0.5) is 4.79 Å². The van der Waals surface area contributed by atoms with Crippen LogP contribution in [0.3, 0.4) is 0 Å². The van der Waals surface area contributed by atoms with Crippen LogP contribution in [-0.4, -0.2) is 36.0 Å². The zero-order valence-electron chi connectivity index (χ0n) is 8.45. The van der Waals surface area contributed by atoms with E-state index in [1.165, 1.54) is 4.90 Å². The maximum absolute atomic E-state index is 11.5. The Balaban J connectivity index is 2.49. The fraction of sp³-hybridized carbons (Fsp3) is 0.778. The highest BCUT2D eigenvalue weighted by molar-refractivity contribution is 5.86. The van der Waals surface area contributed by atoms with Crippen LogP contribution >= 0.6 is 0 Å². The molecule has 0 bridgehead atoms. The fourth-order valence-electron chi connectivity index (χ4n) is 1.64. The summed E-state index contributed by atoms with van der Waals surface area (Å²) in [5, 5.41) is 2.74. The van der Waals surface area contributed by atoms with Gasteiger partial charge in [-0.25, -0.2) is 4.79 Å². The summed E-state index contributed by atoms with van der Waals surface area (Å²) in [6, 6.07) is -0.583. The first-order valence-corrected chi connectivity index (χ1v) is 5.00. The molecular weight excluding hydrogens is 182 g/mol. The predicted molar refractivity (Wildman–Crippen MR) is 52.6 cm³/mol. The molecule has 0 aliphatic carbocycles. The standard InChI is InChI=1S/C9H17N3O2/c1-2-5-11-9(14)12-6-3-4-7(12)8(10)13/h7H,2-6H2,1H3,(H2,10,13)(H,11,14). The molecule has 0 saturated carbocycles. The molecule has 0 aromatic carbocycles. The molecule has 0 radical (unpaired) electrons. The Kier molecular flexibility index (Phi) is 3.73. The van der Waals surface area contributed by atoms with Gasteiger partial charge < -0.3 is 16.0 Å². The van der Waals surface area contributed by atoms with Gasteiger partial charge in [0.2, 0.25) is 5.91 Å². The molecule has 3 amide bonds. The summed E-state index contributed by atoms with van der Waals surface area (Å²) in [4.78, 5) is 24.0. The van der Waals surface area contributed by atoms with Crippen molar-refractivity contribution in [3.63, 3.8) is 0 Å². The number of carbonyl (C=O) groups is 2. The summed E-state index contributed by atoms with van der Waals surface area (Å²) in [6.45, 7) is 3.25. The van der Waals surface area contributed by atoms with E-state index in [0.717, 1.165) is 12.8 Å². The molecule has 1 saturated heterocycles. The van der Waals surface area contributed by atoms with E-state index >= 15 is 0 Å². The van der Waals surface area contributed by atoms with Crippen molar-refractivity contribution >= 4 is 11.9 Å². The molecule has 1 heterocycles. The van der Waals surface area contributed by atoms with Gasteiger partial charge in [0.1, 0.15) is 6.04 Å². The van der Waals surface area contributed by atoms with Crippen LogP contribution in [0.15, 0.2) is 0 Å². The zero-order valence-corrected chi connectivity index (χ0v) is 8.45. The van der Waals surface area contributed by atoms with Crippen LogP contribution in [0.5, 0.6) is 0 Å². The van der Waals surface area contributed by atoms with Crippen molar-refractivity contribution in [2.45, 2.75) is 32.2 Å². The summed E-state index contributed by atoms with van der Waals surface area (Å²) in [7, 11) is 0. The third-order valence-corrected chi connectivity index (χ3v) is 2.37. The van der Waals surface area contributed by atoms with Crippen molar-refractivity contribution in [2.24, 2.45) is 5.73 Å². The van der Waals surface area contributed by atoms with E-state index in [9.17, 15) is 9.59 Å². The Morgan fingerprint density at radius 1 is 1.57 bits per heavy atom. The van der Waals surface area contributed by atoms with E-state index in [4.69, 9.17) is 5.73 Å². The highest BCUT2D eigenvalue weighted by atomic mass is 16.2. The third-order valence-electron chi connectivity index (χ3n) is 2.37. The van der Waals surface area contributed by atoms with Crippen LogP contribution in [0.25, 0.3) is 0 Å². The van der Waals surface area contributed by atoms with Gasteiger partial charge >= 0.3 is 6.03 Å². The number of nitrogens with one attached hydrogen (secondary N) is 1. The molecule has 14 heavy (non-hydrogen) atoms. The van der Waals surface area contributed by atoms with Crippen molar-refractivity contribution in [3.05, 3.63) is 0 Å². The SMILES string of the molecule is CCCNC(=O)N1CCCC1C(N)=O. The molecule has 0 aromatic heterocycles. The topological polar surface area (TPSA) is 75.4 Å². The summed E-state index contributed by atoms with van der Waals surface area (Å²) in [6.07, 6.45) is 2.43. The number of amides is 3. The van der Waals surface area contributed by atoms with Gasteiger partial charge in [-0.3, -0.25) is 4.79 Å². The number of primary amides is 1. The number of carbonyl (C=O) groups excluding carboxylic acids is 2. The normalized spacial score (nSPS) is 20.9. The van der Waals surface area contributed by atoms with E-state index in [-0.39, 0.29) is 6.03 Å². The van der Waals surface area contributed by atoms with Gasteiger partial charge in [0.15, 0.2) is 0 Å². The number of urea groups is 1. The van der Waals surface area contributed by atoms with Crippen LogP contribution in [0.2, 0.25) is 0 Å². The molecule has 5 heteroatoms. The molecule has 1 fully saturated rings. The Morgan fingerprint density at radius 3 is 2.86 bits per heavy atom. The van der Waals surface area contributed by atoms with E-state index in [2.05, 4.69) is 5.32 Å². The monoisotopic (exact) mass is 199 g/mol. The minimum atomic E-state index is -0.410. The van der Waals surface area contributed by atoms with Crippen molar-refractivity contribution in [1.82, 2.24) is 10.2 Å². The summed E-state index contributed by atoms with van der Waals surface area (Å²) in [5.41, 5.74) is 5.19. The molecule has 80 valence electrons. The predicted octanol–water partition coefficient (Wildman–Crippen LogP) is 0.0557. The fourth-order valence-corrected chi connectivity index (χ4v) is 1.64. The smallest absolute Gasteiger partial charge is 0.318 e. The lowest BCUT2D eigenvalue weighted by molar-refractivity contribution is -0.121. The lowest BCUT2D eigenvalue weighted by Crippen LogP contribution is -2.48. The minimum absolute atomic E-state index is 0.173. The van der Waals surface area contributed by atoms with Gasteiger partial charge in [-0.2, -0.15) is 0 Å². The molecule has 0 aromatic rings. The maximum atomic E-state index is 11.5. The van der Waals surface area contributed by atoms with E-state index in [1.807, 2.05) is 6.92 Å². The lowest BCUT2D eigenvalue weighted by atomic mass is 10.2. The third kappa shape index (κ3) is 2.37. The number of nitrogens with zero attached hydrogens (tertiary/aromatic N) is 1. The number of nitrogens with two attached hydrogens (primary N) is 1. The molecule has 1 aliphatic heterocycles. The maximum Gasteiger partial charge on any atom is 0.318 e.